The second kappa shape index (κ2) is 5.03. The molecule has 1 fully saturated rings. The number of hydrogen-bond donors (Lipinski definition) is 0. The van der Waals surface area contributed by atoms with Gasteiger partial charge in [-0.15, -0.1) is 0 Å². The zero-order chi connectivity index (χ0) is 12.3. The third-order valence-corrected chi connectivity index (χ3v) is 2.87. The molecule has 0 unspecified atom stereocenters. The molecule has 0 saturated carbocycles. The smallest absolute Gasteiger partial charge is 0.223 e. The molecule has 1 amide bonds. The van der Waals surface area contributed by atoms with Crippen LogP contribution in [0.5, 0.6) is 5.88 Å². The van der Waals surface area contributed by atoms with E-state index in [-0.39, 0.29) is 5.91 Å². The molecule has 5 nitrogen and oxygen atoms in total. The normalized spacial score (nSPS) is 15.9. The molecule has 5 heteroatoms. The van der Waals surface area contributed by atoms with Crippen LogP contribution in [0.25, 0.3) is 0 Å². The number of rotatable bonds is 2. The van der Waals surface area contributed by atoms with Gasteiger partial charge in [0, 0.05) is 39.2 Å². The molecule has 1 radical (unpaired) electrons. The maximum absolute atomic E-state index is 11.1. The summed E-state index contributed by atoms with van der Waals surface area (Å²) in [5.41, 5.74) is 0. The van der Waals surface area contributed by atoms with Crippen LogP contribution < -0.4 is 9.64 Å². The van der Waals surface area contributed by atoms with Crippen LogP contribution in [0.15, 0.2) is 18.2 Å². The predicted molar refractivity (Wildman–Crippen MR) is 64.9 cm³/mol. The van der Waals surface area contributed by atoms with Gasteiger partial charge in [0.15, 0.2) is 0 Å². The highest BCUT2D eigenvalue weighted by atomic mass is 16.5. The Balaban J connectivity index is 2.02. The van der Waals surface area contributed by atoms with Crippen LogP contribution in [0.4, 0.5) is 5.82 Å². The molecule has 0 aliphatic carbocycles. The lowest BCUT2D eigenvalue weighted by molar-refractivity contribution is -0.126. The first-order chi connectivity index (χ1) is 8.20. The maximum Gasteiger partial charge on any atom is 0.223 e. The Morgan fingerprint density at radius 2 is 2.06 bits per heavy atom. The van der Waals surface area contributed by atoms with Crippen LogP contribution in [-0.2, 0) is 4.79 Å². The van der Waals surface area contributed by atoms with E-state index in [4.69, 9.17) is 4.74 Å². The molecular weight excluding hydrogens is 218 g/mol. The van der Waals surface area contributed by atoms with E-state index in [9.17, 15) is 4.79 Å². The van der Waals surface area contributed by atoms with Crippen molar-refractivity contribution in [2.45, 2.75) is 0 Å². The second-order valence-electron chi connectivity index (χ2n) is 3.91. The minimum absolute atomic E-state index is 0.108. The number of carbonyl (C=O) groups is 1. The van der Waals surface area contributed by atoms with Gasteiger partial charge in [0.1, 0.15) is 5.82 Å². The van der Waals surface area contributed by atoms with Crippen molar-refractivity contribution in [1.82, 2.24) is 9.88 Å². The van der Waals surface area contributed by atoms with E-state index in [2.05, 4.69) is 16.8 Å². The van der Waals surface area contributed by atoms with Crippen LogP contribution >= 0.6 is 0 Å². The topological polar surface area (TPSA) is 45.7 Å². The summed E-state index contributed by atoms with van der Waals surface area (Å²) >= 11 is 0. The fourth-order valence-electron chi connectivity index (χ4n) is 1.88. The standard InChI is InChI=1S/C12H16N3O2/c1-10(16)14-6-8-15(9-7-14)11-4-3-5-12(13-11)17-2/h3-5H,1,6-9H2,2H3. The van der Waals surface area contributed by atoms with Crippen molar-refractivity contribution in [3.63, 3.8) is 0 Å². The van der Waals surface area contributed by atoms with Gasteiger partial charge in [-0.3, -0.25) is 4.79 Å². The Labute approximate surface area is 101 Å². The molecule has 1 aliphatic heterocycles. The number of pyridine rings is 1. The molecule has 1 aliphatic rings. The Hall–Kier alpha value is -1.78. The number of methoxy groups -OCH3 is 1. The molecule has 91 valence electrons. The summed E-state index contributed by atoms with van der Waals surface area (Å²) in [5, 5.41) is 0. The van der Waals surface area contributed by atoms with E-state index in [0.29, 0.717) is 19.0 Å². The molecule has 0 bridgehead atoms. The Kier molecular flexibility index (Phi) is 3.46. The molecule has 1 saturated heterocycles. The van der Waals surface area contributed by atoms with Crippen molar-refractivity contribution in [1.29, 1.82) is 0 Å². The number of piperazine rings is 1. The average Bonchev–Trinajstić information content (AvgIpc) is 2.39. The van der Waals surface area contributed by atoms with Gasteiger partial charge in [0.25, 0.3) is 0 Å². The highest BCUT2D eigenvalue weighted by Crippen LogP contribution is 2.17. The van der Waals surface area contributed by atoms with Gasteiger partial charge in [-0.05, 0) is 6.07 Å². The lowest BCUT2D eigenvalue weighted by Crippen LogP contribution is -2.48. The van der Waals surface area contributed by atoms with Crippen LogP contribution in [0.3, 0.4) is 0 Å². The minimum atomic E-state index is -0.108. The van der Waals surface area contributed by atoms with Crippen LogP contribution in [0.2, 0.25) is 0 Å². The molecule has 0 spiro atoms. The third-order valence-electron chi connectivity index (χ3n) is 2.87. The Bertz CT molecular complexity index is 400. The van der Waals surface area contributed by atoms with Crippen molar-refractivity contribution in [2.24, 2.45) is 0 Å². The molecule has 0 N–H and O–H groups in total. The molecule has 1 aromatic rings. The SMILES string of the molecule is [CH2]C(=O)N1CCN(c2cccc(OC)n2)CC1. The highest BCUT2D eigenvalue weighted by Gasteiger charge is 2.19. The molecule has 1 aromatic heterocycles. The maximum atomic E-state index is 11.1. The monoisotopic (exact) mass is 234 g/mol. The van der Waals surface area contributed by atoms with E-state index in [1.165, 1.54) is 0 Å². The molecular formula is C12H16N3O2. The van der Waals surface area contributed by atoms with E-state index < -0.39 is 0 Å². The number of hydrogen-bond acceptors (Lipinski definition) is 4. The van der Waals surface area contributed by atoms with Crippen LogP contribution in [-0.4, -0.2) is 49.1 Å². The number of nitrogens with zero attached hydrogens (tertiary/aromatic N) is 3. The second-order valence-corrected chi connectivity index (χ2v) is 3.91. The zero-order valence-corrected chi connectivity index (χ0v) is 9.93. The predicted octanol–water partition coefficient (Wildman–Crippen LogP) is 0.573. The number of aromatic nitrogens is 1. The highest BCUT2D eigenvalue weighted by molar-refractivity contribution is 5.80. The third kappa shape index (κ3) is 2.67. The lowest BCUT2D eigenvalue weighted by Gasteiger charge is -2.34. The fourth-order valence-corrected chi connectivity index (χ4v) is 1.88. The van der Waals surface area contributed by atoms with E-state index in [0.717, 1.165) is 18.9 Å². The lowest BCUT2D eigenvalue weighted by atomic mass is 10.3. The number of anilines is 1. The average molecular weight is 234 g/mol. The summed E-state index contributed by atoms with van der Waals surface area (Å²) < 4.78 is 5.09. The van der Waals surface area contributed by atoms with Gasteiger partial charge in [-0.1, -0.05) is 6.07 Å². The van der Waals surface area contributed by atoms with Crippen LogP contribution in [0, 0.1) is 6.92 Å². The van der Waals surface area contributed by atoms with Gasteiger partial charge < -0.3 is 14.5 Å². The van der Waals surface area contributed by atoms with E-state index >= 15 is 0 Å². The molecule has 0 atom stereocenters. The van der Waals surface area contributed by atoms with Crippen molar-refractivity contribution >= 4 is 11.7 Å². The summed E-state index contributed by atoms with van der Waals surface area (Å²) in [7, 11) is 1.60. The van der Waals surface area contributed by atoms with Crippen molar-refractivity contribution in [3.8, 4) is 5.88 Å². The summed E-state index contributed by atoms with van der Waals surface area (Å²) in [6, 6.07) is 5.68. The molecule has 2 rings (SSSR count). The minimum Gasteiger partial charge on any atom is -0.481 e. The van der Waals surface area contributed by atoms with E-state index in [1.807, 2.05) is 18.2 Å². The summed E-state index contributed by atoms with van der Waals surface area (Å²) in [6.07, 6.45) is 0. The van der Waals surface area contributed by atoms with Gasteiger partial charge in [0.2, 0.25) is 11.8 Å². The first-order valence-electron chi connectivity index (χ1n) is 5.57. The first-order valence-corrected chi connectivity index (χ1v) is 5.57. The number of ether oxygens (including phenoxy) is 1. The molecule has 17 heavy (non-hydrogen) atoms. The van der Waals surface area contributed by atoms with Gasteiger partial charge in [0.05, 0.1) is 7.11 Å². The fraction of sp³-hybridized carbons (Fsp3) is 0.417. The van der Waals surface area contributed by atoms with Crippen molar-refractivity contribution in [2.75, 3.05) is 38.2 Å². The summed E-state index contributed by atoms with van der Waals surface area (Å²) in [6.45, 7) is 6.37. The van der Waals surface area contributed by atoms with Gasteiger partial charge in [-0.25, -0.2) is 0 Å². The number of amides is 1. The molecule has 0 aromatic carbocycles. The Morgan fingerprint density at radius 3 is 2.65 bits per heavy atom. The summed E-state index contributed by atoms with van der Waals surface area (Å²) in [4.78, 5) is 19.4. The largest absolute Gasteiger partial charge is 0.481 e. The van der Waals surface area contributed by atoms with Crippen molar-refractivity contribution < 1.29 is 9.53 Å². The number of carbonyl (C=O) groups excluding carboxylic acids is 1. The van der Waals surface area contributed by atoms with E-state index in [1.54, 1.807) is 12.0 Å². The first kappa shape index (κ1) is 11.7. The van der Waals surface area contributed by atoms with Gasteiger partial charge in [-0.2, -0.15) is 4.98 Å². The summed E-state index contributed by atoms with van der Waals surface area (Å²) in [5.74, 6) is 1.39. The van der Waals surface area contributed by atoms with Crippen LogP contribution in [0.1, 0.15) is 0 Å². The van der Waals surface area contributed by atoms with Crippen molar-refractivity contribution in [3.05, 3.63) is 25.1 Å². The quantitative estimate of drug-likeness (QED) is 0.750. The zero-order valence-electron chi connectivity index (χ0n) is 9.93. The molecule has 2 heterocycles. The Morgan fingerprint density at radius 1 is 1.35 bits per heavy atom. The van der Waals surface area contributed by atoms with Gasteiger partial charge >= 0.3 is 0 Å².